The molecule has 4 rings (SSSR count). The molecule has 0 aliphatic carbocycles. The lowest BCUT2D eigenvalue weighted by Gasteiger charge is -2.20. The fourth-order valence-corrected chi connectivity index (χ4v) is 7.68. The summed E-state index contributed by atoms with van der Waals surface area (Å²) in [5.41, 5.74) is 1.46. The Morgan fingerprint density at radius 2 is 1.97 bits per heavy atom. The predicted molar refractivity (Wildman–Crippen MR) is 150 cm³/mol. The van der Waals surface area contributed by atoms with Gasteiger partial charge >= 0.3 is 0 Å². The molecular weight excluding hydrogens is 517 g/mol. The molecule has 2 aliphatic rings. The molecule has 8 nitrogen and oxygen atoms in total. The van der Waals surface area contributed by atoms with Crippen LogP contribution in [0, 0.1) is 6.92 Å². The summed E-state index contributed by atoms with van der Waals surface area (Å²) in [5.74, 6) is 0.0478. The van der Waals surface area contributed by atoms with E-state index < -0.39 is 15.9 Å². The van der Waals surface area contributed by atoms with Crippen molar-refractivity contribution in [3.63, 3.8) is 0 Å². The Labute approximate surface area is 221 Å². The van der Waals surface area contributed by atoms with Gasteiger partial charge in [-0.2, -0.15) is 0 Å². The van der Waals surface area contributed by atoms with E-state index in [1.165, 1.54) is 35.0 Å². The molecule has 2 fully saturated rings. The number of unbranched alkanes of at least 4 members (excludes halogenated alkanes) is 5. The van der Waals surface area contributed by atoms with E-state index in [9.17, 15) is 18.0 Å². The SMILES string of the molecule is CCCCCCCCNc1nc2c(C)cccn2c(=O)c1C=C1SC(=S)N(C2CCS(=O)(=O)C2)C1=O. The maximum atomic E-state index is 13.5. The van der Waals surface area contributed by atoms with Gasteiger partial charge in [-0.25, -0.2) is 13.4 Å². The molecule has 2 saturated heterocycles. The second-order valence-corrected chi connectivity index (χ2v) is 13.3. The molecule has 0 radical (unpaired) electrons. The van der Waals surface area contributed by atoms with E-state index in [2.05, 4.69) is 12.2 Å². The van der Waals surface area contributed by atoms with Crippen LogP contribution in [0.1, 0.15) is 63.0 Å². The minimum atomic E-state index is -3.17. The number of nitrogens with one attached hydrogen (secondary N) is 1. The third-order valence-electron chi connectivity index (χ3n) is 6.58. The van der Waals surface area contributed by atoms with Gasteiger partial charge in [0.25, 0.3) is 11.5 Å². The molecule has 1 atom stereocenters. The average molecular weight is 549 g/mol. The Balaban J connectivity index is 1.62. The van der Waals surface area contributed by atoms with Crippen molar-refractivity contribution in [1.82, 2.24) is 14.3 Å². The van der Waals surface area contributed by atoms with Crippen LogP contribution in [0.2, 0.25) is 0 Å². The number of thiocarbonyl (C=S) groups is 1. The lowest BCUT2D eigenvalue weighted by molar-refractivity contribution is -0.123. The van der Waals surface area contributed by atoms with Crippen LogP contribution in [0.15, 0.2) is 28.0 Å². The number of sulfone groups is 1. The second-order valence-electron chi connectivity index (χ2n) is 9.37. The Morgan fingerprint density at radius 3 is 2.69 bits per heavy atom. The van der Waals surface area contributed by atoms with Gasteiger partial charge in [0.15, 0.2) is 9.84 Å². The molecule has 2 aromatic rings. The predicted octanol–water partition coefficient (Wildman–Crippen LogP) is 4.16. The summed E-state index contributed by atoms with van der Waals surface area (Å²) in [5, 5.41) is 3.33. The molecule has 2 aromatic heterocycles. The summed E-state index contributed by atoms with van der Waals surface area (Å²) < 4.78 is 25.7. The molecule has 1 N–H and O–H groups in total. The molecule has 1 amide bonds. The molecule has 0 bridgehead atoms. The third-order valence-corrected chi connectivity index (χ3v) is 9.66. The molecule has 2 aliphatic heterocycles. The van der Waals surface area contributed by atoms with Crippen LogP contribution >= 0.6 is 24.0 Å². The first-order chi connectivity index (χ1) is 17.2. The zero-order valence-corrected chi connectivity index (χ0v) is 23.1. The number of thioether (sulfide) groups is 1. The number of hydrogen-bond acceptors (Lipinski definition) is 8. The van der Waals surface area contributed by atoms with E-state index in [1.54, 1.807) is 18.3 Å². The van der Waals surface area contributed by atoms with E-state index >= 15 is 0 Å². The van der Waals surface area contributed by atoms with Crippen LogP contribution in [0.3, 0.4) is 0 Å². The Bertz CT molecular complexity index is 1370. The van der Waals surface area contributed by atoms with E-state index in [1.807, 2.05) is 13.0 Å². The number of rotatable bonds is 10. The van der Waals surface area contributed by atoms with Crippen molar-refractivity contribution in [1.29, 1.82) is 0 Å². The zero-order chi connectivity index (χ0) is 25.9. The molecular formula is C25H32N4O4S3. The number of carbonyl (C=O) groups excluding carboxylic acids is 1. The summed E-state index contributed by atoms with van der Waals surface area (Å²) in [6, 6.07) is 3.23. The third kappa shape index (κ3) is 5.84. The maximum absolute atomic E-state index is 13.5. The zero-order valence-electron chi connectivity index (χ0n) is 20.7. The second kappa shape index (κ2) is 11.4. The average Bonchev–Trinajstić information content (AvgIpc) is 3.32. The number of aryl methyl sites for hydroxylation is 1. The highest BCUT2D eigenvalue weighted by atomic mass is 32.2. The first-order valence-electron chi connectivity index (χ1n) is 12.4. The van der Waals surface area contributed by atoms with E-state index in [-0.39, 0.29) is 23.0 Å². The first kappa shape index (κ1) is 26.8. The smallest absolute Gasteiger partial charge is 0.267 e. The minimum absolute atomic E-state index is 0.0512. The first-order valence-corrected chi connectivity index (χ1v) is 15.5. The van der Waals surface area contributed by atoms with Crippen molar-refractivity contribution >= 4 is 61.6 Å². The normalized spacial score (nSPS) is 20.7. The molecule has 36 heavy (non-hydrogen) atoms. The van der Waals surface area contributed by atoms with Gasteiger partial charge in [-0.3, -0.25) is 18.9 Å². The van der Waals surface area contributed by atoms with Gasteiger partial charge in [0.2, 0.25) is 0 Å². The van der Waals surface area contributed by atoms with Crippen LogP contribution in [-0.2, 0) is 14.6 Å². The van der Waals surface area contributed by atoms with Gasteiger partial charge < -0.3 is 5.32 Å². The molecule has 1 unspecified atom stereocenters. The summed E-state index contributed by atoms with van der Waals surface area (Å²) in [6.45, 7) is 4.76. The molecule has 0 spiro atoms. The number of anilines is 1. The number of hydrogen-bond donors (Lipinski definition) is 1. The lowest BCUT2D eigenvalue weighted by Crippen LogP contribution is -2.39. The van der Waals surface area contributed by atoms with Crippen LogP contribution < -0.4 is 10.9 Å². The number of aromatic nitrogens is 2. The summed E-state index contributed by atoms with van der Waals surface area (Å²) >= 11 is 6.53. The van der Waals surface area contributed by atoms with Crippen molar-refractivity contribution in [3.8, 4) is 0 Å². The van der Waals surface area contributed by atoms with Gasteiger partial charge in [0.05, 0.1) is 28.0 Å². The lowest BCUT2D eigenvalue weighted by atomic mass is 10.1. The highest BCUT2D eigenvalue weighted by Crippen LogP contribution is 2.36. The standard InChI is InChI=1S/C25H32N4O4S3/c1-3-4-5-6-7-8-12-26-21-19(23(30)28-13-9-10-17(2)22(28)27-21)15-20-24(31)29(25(34)35-20)18-11-14-36(32,33)16-18/h9-10,13,15,18,26H,3-8,11-12,14,16H2,1-2H3. The summed E-state index contributed by atoms with van der Waals surface area (Å²) in [7, 11) is -3.17. The molecule has 4 heterocycles. The monoisotopic (exact) mass is 548 g/mol. The van der Waals surface area contributed by atoms with Gasteiger partial charge in [0, 0.05) is 12.7 Å². The van der Waals surface area contributed by atoms with Crippen LogP contribution in [0.4, 0.5) is 5.82 Å². The van der Waals surface area contributed by atoms with Crippen molar-refractivity contribution in [3.05, 3.63) is 44.7 Å². The maximum Gasteiger partial charge on any atom is 0.267 e. The number of nitrogens with zero attached hydrogens (tertiary/aromatic N) is 3. The highest BCUT2D eigenvalue weighted by molar-refractivity contribution is 8.26. The number of carbonyl (C=O) groups is 1. The van der Waals surface area contributed by atoms with Gasteiger partial charge in [-0.05, 0) is 37.5 Å². The Hall–Kier alpha value is -2.24. The Kier molecular flexibility index (Phi) is 8.52. The van der Waals surface area contributed by atoms with Crippen LogP contribution in [0.25, 0.3) is 11.7 Å². The van der Waals surface area contributed by atoms with E-state index in [4.69, 9.17) is 17.2 Å². The molecule has 194 valence electrons. The van der Waals surface area contributed by atoms with Crippen LogP contribution in [-0.4, -0.2) is 57.0 Å². The fourth-order valence-electron chi connectivity index (χ4n) is 4.59. The quantitative estimate of drug-likeness (QED) is 0.268. The number of fused-ring (bicyclic) bond motifs is 1. The van der Waals surface area contributed by atoms with Crippen molar-refractivity contribution in [2.24, 2.45) is 0 Å². The topological polar surface area (TPSA) is 101 Å². The number of amides is 1. The Morgan fingerprint density at radius 1 is 1.22 bits per heavy atom. The van der Waals surface area contributed by atoms with Crippen molar-refractivity contribution in [2.45, 2.75) is 64.8 Å². The summed E-state index contributed by atoms with van der Waals surface area (Å²) in [4.78, 5) is 33.2. The van der Waals surface area contributed by atoms with Gasteiger partial charge in [-0.1, -0.05) is 69.1 Å². The number of pyridine rings is 1. The molecule has 0 aromatic carbocycles. The summed E-state index contributed by atoms with van der Waals surface area (Å²) in [6.07, 6.45) is 10.5. The fraction of sp³-hybridized carbons (Fsp3) is 0.520. The highest BCUT2D eigenvalue weighted by Gasteiger charge is 2.42. The van der Waals surface area contributed by atoms with E-state index in [0.29, 0.717) is 39.2 Å². The van der Waals surface area contributed by atoms with Crippen molar-refractivity contribution < 1.29 is 13.2 Å². The largest absolute Gasteiger partial charge is 0.369 e. The van der Waals surface area contributed by atoms with Crippen LogP contribution in [0.5, 0.6) is 0 Å². The van der Waals surface area contributed by atoms with E-state index in [0.717, 1.165) is 30.2 Å². The van der Waals surface area contributed by atoms with Gasteiger partial charge in [0.1, 0.15) is 15.8 Å². The van der Waals surface area contributed by atoms with Crippen molar-refractivity contribution in [2.75, 3.05) is 23.4 Å². The van der Waals surface area contributed by atoms with Gasteiger partial charge in [-0.15, -0.1) is 0 Å². The molecule has 0 saturated carbocycles. The molecule has 11 heteroatoms. The minimum Gasteiger partial charge on any atom is -0.369 e.